The van der Waals surface area contributed by atoms with E-state index in [1.807, 2.05) is 60.7 Å². The van der Waals surface area contributed by atoms with Crippen LogP contribution in [0, 0.1) is 0 Å². The Morgan fingerprint density at radius 2 is 1.46 bits per heavy atom. The second-order valence-electron chi connectivity index (χ2n) is 6.13. The summed E-state index contributed by atoms with van der Waals surface area (Å²) in [6.07, 6.45) is 0.215. The summed E-state index contributed by atoms with van der Waals surface area (Å²) >= 11 is 0. The minimum absolute atomic E-state index is 0.0958. The molecule has 0 fully saturated rings. The minimum Gasteiger partial charge on any atom is -0.465 e. The van der Waals surface area contributed by atoms with Crippen molar-refractivity contribution in [2.24, 2.45) is 5.73 Å². The Morgan fingerprint density at radius 3 is 1.96 bits per heavy atom. The molecule has 6 nitrogen and oxygen atoms in total. The molecule has 2 aromatic carbocycles. The summed E-state index contributed by atoms with van der Waals surface area (Å²) in [6.45, 7) is 0.704. The highest BCUT2D eigenvalue weighted by Gasteiger charge is 2.22. The molecule has 0 aromatic heterocycles. The Kier molecular flexibility index (Phi) is 7.64. The third-order valence-electron chi connectivity index (χ3n) is 4.09. The van der Waals surface area contributed by atoms with Crippen LogP contribution in [0.5, 0.6) is 0 Å². The van der Waals surface area contributed by atoms with E-state index in [0.29, 0.717) is 25.9 Å². The van der Waals surface area contributed by atoms with Gasteiger partial charge in [0.1, 0.15) is 0 Å². The van der Waals surface area contributed by atoms with Crippen LogP contribution in [-0.2, 0) is 4.79 Å². The monoisotopic (exact) mass is 355 g/mol. The van der Waals surface area contributed by atoms with Crippen molar-refractivity contribution in [1.29, 1.82) is 0 Å². The number of carbonyl (C=O) groups is 2. The molecule has 0 saturated heterocycles. The minimum atomic E-state index is -1.04. The number of rotatable bonds is 9. The molecule has 0 aliphatic heterocycles. The van der Waals surface area contributed by atoms with Gasteiger partial charge in [-0.25, -0.2) is 4.79 Å². The third kappa shape index (κ3) is 6.22. The van der Waals surface area contributed by atoms with Gasteiger partial charge in [0.2, 0.25) is 5.91 Å². The molecule has 1 unspecified atom stereocenters. The van der Waals surface area contributed by atoms with Crippen LogP contribution in [0.1, 0.15) is 29.9 Å². The fourth-order valence-electron chi connectivity index (χ4n) is 2.78. The summed E-state index contributed by atoms with van der Waals surface area (Å²) in [4.78, 5) is 23.2. The van der Waals surface area contributed by atoms with Gasteiger partial charge in [-0.3, -0.25) is 4.79 Å². The number of hydrogen-bond donors (Lipinski definition) is 4. The molecule has 6 heteroatoms. The van der Waals surface area contributed by atoms with Gasteiger partial charge in [0.15, 0.2) is 0 Å². The lowest BCUT2D eigenvalue weighted by Gasteiger charge is -2.19. The van der Waals surface area contributed by atoms with Crippen LogP contribution in [0.4, 0.5) is 4.79 Å². The van der Waals surface area contributed by atoms with Gasteiger partial charge in [0, 0.05) is 19.1 Å². The van der Waals surface area contributed by atoms with E-state index in [1.54, 1.807) is 0 Å². The van der Waals surface area contributed by atoms with Gasteiger partial charge in [0.25, 0.3) is 0 Å². The van der Waals surface area contributed by atoms with E-state index in [9.17, 15) is 9.59 Å². The normalized spacial score (nSPS) is 11.8. The van der Waals surface area contributed by atoms with Gasteiger partial charge in [-0.1, -0.05) is 60.7 Å². The van der Waals surface area contributed by atoms with Gasteiger partial charge in [0.05, 0.1) is 5.92 Å². The van der Waals surface area contributed by atoms with E-state index >= 15 is 0 Å². The largest absolute Gasteiger partial charge is 0.465 e. The first-order valence-electron chi connectivity index (χ1n) is 8.68. The van der Waals surface area contributed by atoms with Gasteiger partial charge in [-0.15, -0.1) is 0 Å². The van der Waals surface area contributed by atoms with E-state index in [-0.39, 0.29) is 11.9 Å². The molecule has 2 aromatic rings. The van der Waals surface area contributed by atoms with Crippen molar-refractivity contribution >= 4 is 12.0 Å². The van der Waals surface area contributed by atoms with Crippen LogP contribution < -0.4 is 16.4 Å². The average Bonchev–Trinajstić information content (AvgIpc) is 2.65. The zero-order valence-electron chi connectivity index (χ0n) is 14.6. The summed E-state index contributed by atoms with van der Waals surface area (Å²) in [5.74, 6) is -0.486. The molecule has 2 amide bonds. The lowest BCUT2D eigenvalue weighted by atomic mass is 9.90. The molecule has 0 spiro atoms. The second-order valence-corrected chi connectivity index (χ2v) is 6.13. The number of amides is 2. The number of hydrogen-bond acceptors (Lipinski definition) is 3. The number of benzene rings is 2. The van der Waals surface area contributed by atoms with Crippen LogP contribution in [0.2, 0.25) is 0 Å². The first-order valence-corrected chi connectivity index (χ1v) is 8.68. The van der Waals surface area contributed by atoms with Crippen molar-refractivity contribution in [3.05, 3.63) is 71.8 Å². The highest BCUT2D eigenvalue weighted by molar-refractivity contribution is 5.87. The van der Waals surface area contributed by atoms with Crippen molar-refractivity contribution in [3.63, 3.8) is 0 Å². The van der Waals surface area contributed by atoms with Crippen molar-refractivity contribution in [3.8, 4) is 0 Å². The molecule has 0 aliphatic rings. The van der Waals surface area contributed by atoms with Gasteiger partial charge in [-0.05, 0) is 24.0 Å². The van der Waals surface area contributed by atoms with Gasteiger partial charge in [-0.2, -0.15) is 0 Å². The second kappa shape index (κ2) is 10.2. The first kappa shape index (κ1) is 19.5. The molecule has 0 bridgehead atoms. The predicted octanol–water partition coefficient (Wildman–Crippen LogP) is 2.31. The Labute approximate surface area is 153 Å². The fourth-order valence-corrected chi connectivity index (χ4v) is 2.78. The van der Waals surface area contributed by atoms with E-state index in [4.69, 9.17) is 10.8 Å². The van der Waals surface area contributed by atoms with E-state index < -0.39 is 12.0 Å². The third-order valence-corrected chi connectivity index (χ3v) is 4.09. The molecule has 2 rings (SSSR count). The molecule has 0 radical (unpaired) electrons. The molecule has 0 aliphatic carbocycles. The van der Waals surface area contributed by atoms with Crippen LogP contribution in [-0.4, -0.2) is 36.2 Å². The fraction of sp³-hybridized carbons (Fsp3) is 0.300. The van der Waals surface area contributed by atoms with E-state index in [0.717, 1.165) is 11.1 Å². The summed E-state index contributed by atoms with van der Waals surface area (Å²) in [5, 5.41) is 13.8. The standard InChI is InChI=1S/C20H25N3O3/c21-17(12-7-13-22-20(25)26)14-23-19(24)18(15-8-3-1-4-9-15)16-10-5-2-6-11-16/h1-6,8-11,17-18,22H,7,12-14,21H2,(H,23,24)(H,25,26). The highest BCUT2D eigenvalue weighted by Crippen LogP contribution is 2.24. The number of carbonyl (C=O) groups excluding carboxylic acids is 1. The maximum absolute atomic E-state index is 12.8. The van der Waals surface area contributed by atoms with E-state index in [1.165, 1.54) is 0 Å². The Morgan fingerprint density at radius 1 is 0.923 bits per heavy atom. The average molecular weight is 355 g/mol. The molecular formula is C20H25N3O3. The van der Waals surface area contributed by atoms with Crippen molar-refractivity contribution in [2.75, 3.05) is 13.1 Å². The molecule has 5 N–H and O–H groups in total. The Bertz CT molecular complexity index is 652. The zero-order valence-corrected chi connectivity index (χ0v) is 14.6. The summed E-state index contributed by atoms with van der Waals surface area (Å²) in [7, 11) is 0. The summed E-state index contributed by atoms with van der Waals surface area (Å²) in [5.41, 5.74) is 7.88. The smallest absolute Gasteiger partial charge is 0.404 e. The summed E-state index contributed by atoms with van der Waals surface area (Å²) < 4.78 is 0. The SMILES string of the molecule is NC(CCCNC(=O)O)CNC(=O)C(c1ccccc1)c1ccccc1. The van der Waals surface area contributed by atoms with Crippen LogP contribution in [0.15, 0.2) is 60.7 Å². The van der Waals surface area contributed by atoms with Crippen molar-refractivity contribution in [2.45, 2.75) is 24.8 Å². The maximum Gasteiger partial charge on any atom is 0.404 e. The molecule has 0 saturated carbocycles. The van der Waals surface area contributed by atoms with Crippen molar-refractivity contribution < 1.29 is 14.7 Å². The topological polar surface area (TPSA) is 104 Å². The van der Waals surface area contributed by atoms with Crippen molar-refractivity contribution in [1.82, 2.24) is 10.6 Å². The highest BCUT2D eigenvalue weighted by atomic mass is 16.4. The van der Waals surface area contributed by atoms with Crippen LogP contribution in [0.3, 0.4) is 0 Å². The number of carboxylic acid groups (broad SMARTS) is 1. The van der Waals surface area contributed by atoms with Crippen LogP contribution in [0.25, 0.3) is 0 Å². The van der Waals surface area contributed by atoms with Gasteiger partial charge >= 0.3 is 6.09 Å². The van der Waals surface area contributed by atoms with E-state index in [2.05, 4.69) is 10.6 Å². The molecule has 138 valence electrons. The molecule has 0 heterocycles. The Hall–Kier alpha value is -2.86. The first-order chi connectivity index (χ1) is 12.6. The van der Waals surface area contributed by atoms with Gasteiger partial charge < -0.3 is 21.5 Å². The maximum atomic E-state index is 12.8. The lowest BCUT2D eigenvalue weighted by molar-refractivity contribution is -0.121. The Balaban J connectivity index is 1.94. The molecule has 1 atom stereocenters. The quantitative estimate of drug-likeness (QED) is 0.518. The lowest BCUT2D eigenvalue weighted by Crippen LogP contribution is -2.40. The van der Waals surface area contributed by atoms with Crippen LogP contribution >= 0.6 is 0 Å². The molecular weight excluding hydrogens is 330 g/mol. The molecule has 26 heavy (non-hydrogen) atoms. The summed E-state index contributed by atoms with van der Waals surface area (Å²) in [6, 6.07) is 19.0. The predicted molar refractivity (Wildman–Crippen MR) is 101 cm³/mol. The number of nitrogens with one attached hydrogen (secondary N) is 2. The number of nitrogens with two attached hydrogens (primary N) is 1. The zero-order chi connectivity index (χ0) is 18.8.